The van der Waals surface area contributed by atoms with Crippen molar-refractivity contribution in [3.8, 4) is 0 Å². The minimum absolute atomic E-state index is 0.152. The minimum Gasteiger partial charge on any atom is -0.422 e. The molecule has 0 radical (unpaired) electrons. The largest absolute Gasteiger partial charge is 0.422 e. The number of rotatable bonds is 4. The van der Waals surface area contributed by atoms with Crippen LogP contribution in [-0.2, 0) is 11.2 Å². The summed E-state index contributed by atoms with van der Waals surface area (Å²) in [5.74, 6) is 1.12. The van der Waals surface area contributed by atoms with Gasteiger partial charge in [0, 0.05) is 12.5 Å². The molecule has 0 aliphatic carbocycles. The van der Waals surface area contributed by atoms with Gasteiger partial charge in [0.05, 0.1) is 13.2 Å². The third kappa shape index (κ3) is 3.70. The van der Waals surface area contributed by atoms with Gasteiger partial charge >= 0.3 is 6.03 Å². The normalized spacial score (nSPS) is 18.2. The molecule has 130 valence electrons. The number of nitrogens with one attached hydrogen (secondary N) is 1. The molecule has 0 spiro atoms. The third-order valence-corrected chi connectivity index (χ3v) is 4.55. The molecule has 1 N–H and O–H groups in total. The van der Waals surface area contributed by atoms with E-state index in [0.717, 1.165) is 11.4 Å². The molecule has 3 heterocycles. The van der Waals surface area contributed by atoms with Gasteiger partial charge in [-0.3, -0.25) is 5.32 Å². The highest BCUT2D eigenvalue weighted by atomic mass is 32.1. The molecule has 3 rings (SSSR count). The highest BCUT2D eigenvalue weighted by Gasteiger charge is 2.30. The molecule has 1 aliphatic heterocycles. The minimum atomic E-state index is -0.412. The van der Waals surface area contributed by atoms with Gasteiger partial charge in [0.2, 0.25) is 16.9 Å². The van der Waals surface area contributed by atoms with Crippen LogP contribution in [0.5, 0.6) is 0 Å². The summed E-state index contributed by atoms with van der Waals surface area (Å²) in [7, 11) is 0. The fourth-order valence-corrected chi connectivity index (χ4v) is 2.88. The molecule has 0 saturated carbocycles. The molecule has 0 bridgehead atoms. The van der Waals surface area contributed by atoms with E-state index in [0.29, 0.717) is 36.6 Å². The van der Waals surface area contributed by atoms with Gasteiger partial charge < -0.3 is 14.1 Å². The number of hydrogen-bond acceptors (Lipinski definition) is 8. The lowest BCUT2D eigenvalue weighted by molar-refractivity contribution is -0.0276. The summed E-state index contributed by atoms with van der Waals surface area (Å²) in [6.45, 7) is 7.21. The van der Waals surface area contributed by atoms with E-state index in [9.17, 15) is 4.79 Å². The Morgan fingerprint density at radius 3 is 2.88 bits per heavy atom. The summed E-state index contributed by atoms with van der Waals surface area (Å²) in [6.07, 6.45) is 0.382. The van der Waals surface area contributed by atoms with Crippen molar-refractivity contribution in [3.63, 3.8) is 0 Å². The lowest BCUT2D eigenvalue weighted by atomic mass is 10.2. The topological polar surface area (TPSA) is 106 Å². The Hall–Kier alpha value is -2.07. The average Bonchev–Trinajstić information content (AvgIpc) is 3.24. The molecule has 2 aromatic heterocycles. The summed E-state index contributed by atoms with van der Waals surface area (Å²) < 4.78 is 11.3. The number of anilines is 1. The number of hydrogen-bond donors (Lipinski definition) is 1. The summed E-state index contributed by atoms with van der Waals surface area (Å²) in [5, 5.41) is 20.2. The van der Waals surface area contributed by atoms with Crippen molar-refractivity contribution in [1.82, 2.24) is 25.3 Å². The van der Waals surface area contributed by atoms with Gasteiger partial charge in [-0.1, -0.05) is 32.1 Å². The van der Waals surface area contributed by atoms with Gasteiger partial charge in [0.1, 0.15) is 5.01 Å². The standard InChI is InChI=1S/C14H20N6O3S/c1-4-10-16-19-13(24-10)15-14(21)20-5-6-22-9(7-20)12-18-17-11(23-12)8(2)3/h8-9H,4-7H2,1-3H3,(H,15,19,21). The zero-order valence-electron chi connectivity index (χ0n) is 13.9. The van der Waals surface area contributed by atoms with Crippen molar-refractivity contribution in [2.24, 2.45) is 0 Å². The SMILES string of the molecule is CCc1nnc(NC(=O)N2CCOC(c3nnc(C(C)C)o3)C2)s1. The van der Waals surface area contributed by atoms with Crippen LogP contribution in [0.4, 0.5) is 9.93 Å². The predicted octanol–water partition coefficient (Wildman–Crippen LogP) is 2.21. The van der Waals surface area contributed by atoms with E-state index in [4.69, 9.17) is 9.15 Å². The number of morpholine rings is 1. The zero-order chi connectivity index (χ0) is 17.1. The summed E-state index contributed by atoms with van der Waals surface area (Å²) in [5.41, 5.74) is 0. The maximum atomic E-state index is 12.4. The molecule has 2 amide bonds. The molecule has 0 aromatic carbocycles. The number of urea groups is 1. The maximum Gasteiger partial charge on any atom is 0.323 e. The second kappa shape index (κ2) is 7.22. The number of aromatic nitrogens is 4. The predicted molar refractivity (Wildman–Crippen MR) is 87.0 cm³/mol. The molecule has 1 unspecified atom stereocenters. The second-order valence-corrected chi connectivity index (χ2v) is 6.79. The first-order valence-corrected chi connectivity index (χ1v) is 8.71. The zero-order valence-corrected chi connectivity index (χ0v) is 14.7. The van der Waals surface area contributed by atoms with Crippen molar-refractivity contribution in [1.29, 1.82) is 0 Å². The molecular formula is C14H20N6O3S. The molecule has 1 atom stereocenters. The number of amides is 2. The summed E-state index contributed by atoms with van der Waals surface area (Å²) >= 11 is 1.38. The Morgan fingerprint density at radius 1 is 1.38 bits per heavy atom. The van der Waals surface area contributed by atoms with Gasteiger partial charge in [-0.2, -0.15) is 0 Å². The Morgan fingerprint density at radius 2 is 2.21 bits per heavy atom. The first-order chi connectivity index (χ1) is 11.6. The molecule has 1 fully saturated rings. The van der Waals surface area contributed by atoms with E-state index in [-0.39, 0.29) is 11.9 Å². The van der Waals surface area contributed by atoms with Gasteiger partial charge in [-0.15, -0.1) is 20.4 Å². The number of carbonyl (C=O) groups is 1. The lowest BCUT2D eigenvalue weighted by Gasteiger charge is -2.30. The Labute approximate surface area is 143 Å². The molecule has 24 heavy (non-hydrogen) atoms. The molecule has 9 nitrogen and oxygen atoms in total. The first-order valence-electron chi connectivity index (χ1n) is 7.90. The summed E-state index contributed by atoms with van der Waals surface area (Å²) in [6, 6.07) is -0.231. The Bertz CT molecular complexity index is 700. The van der Waals surface area contributed by atoms with Crippen LogP contribution < -0.4 is 5.32 Å². The van der Waals surface area contributed by atoms with Gasteiger partial charge in [-0.25, -0.2) is 4.79 Å². The van der Waals surface area contributed by atoms with E-state index in [1.54, 1.807) is 4.90 Å². The second-order valence-electron chi connectivity index (χ2n) is 5.72. The van der Waals surface area contributed by atoms with Crippen LogP contribution in [-0.4, -0.2) is 51.0 Å². The Balaban J connectivity index is 1.62. The van der Waals surface area contributed by atoms with Crippen LogP contribution in [0, 0.1) is 0 Å². The average molecular weight is 352 g/mol. The number of carbonyl (C=O) groups excluding carboxylic acids is 1. The van der Waals surface area contributed by atoms with Crippen LogP contribution >= 0.6 is 11.3 Å². The van der Waals surface area contributed by atoms with Crippen LogP contribution in [0.2, 0.25) is 0 Å². The number of aryl methyl sites for hydroxylation is 1. The quantitative estimate of drug-likeness (QED) is 0.899. The Kier molecular flexibility index (Phi) is 5.05. The van der Waals surface area contributed by atoms with Crippen molar-refractivity contribution in [3.05, 3.63) is 16.8 Å². The van der Waals surface area contributed by atoms with Crippen molar-refractivity contribution in [2.75, 3.05) is 25.0 Å². The van der Waals surface area contributed by atoms with Gasteiger partial charge in [0.15, 0.2) is 6.10 Å². The fourth-order valence-electron chi connectivity index (χ4n) is 2.21. The highest BCUT2D eigenvalue weighted by Crippen LogP contribution is 2.24. The highest BCUT2D eigenvalue weighted by molar-refractivity contribution is 7.15. The molecule has 1 aliphatic rings. The smallest absolute Gasteiger partial charge is 0.323 e. The van der Waals surface area contributed by atoms with E-state index in [1.807, 2.05) is 20.8 Å². The fraction of sp³-hybridized carbons (Fsp3) is 0.643. The summed E-state index contributed by atoms with van der Waals surface area (Å²) in [4.78, 5) is 14.0. The molecular weight excluding hydrogens is 332 g/mol. The monoisotopic (exact) mass is 352 g/mol. The first kappa shape index (κ1) is 16.8. The lowest BCUT2D eigenvalue weighted by Crippen LogP contribution is -2.44. The number of nitrogens with zero attached hydrogens (tertiary/aromatic N) is 5. The van der Waals surface area contributed by atoms with Crippen LogP contribution in [0.1, 0.15) is 49.6 Å². The van der Waals surface area contributed by atoms with Crippen LogP contribution in [0.25, 0.3) is 0 Å². The molecule has 1 saturated heterocycles. The van der Waals surface area contributed by atoms with E-state index < -0.39 is 6.10 Å². The van der Waals surface area contributed by atoms with Crippen LogP contribution in [0.3, 0.4) is 0 Å². The van der Waals surface area contributed by atoms with E-state index in [2.05, 4.69) is 25.7 Å². The third-order valence-electron chi connectivity index (χ3n) is 3.56. The molecule has 2 aromatic rings. The maximum absolute atomic E-state index is 12.4. The molecule has 10 heteroatoms. The van der Waals surface area contributed by atoms with Crippen molar-refractivity contribution >= 4 is 22.5 Å². The van der Waals surface area contributed by atoms with Crippen LogP contribution in [0.15, 0.2) is 4.42 Å². The van der Waals surface area contributed by atoms with E-state index >= 15 is 0 Å². The van der Waals surface area contributed by atoms with Crippen molar-refractivity contribution < 1.29 is 13.9 Å². The van der Waals surface area contributed by atoms with E-state index in [1.165, 1.54) is 11.3 Å². The number of ether oxygens (including phenoxy) is 1. The van der Waals surface area contributed by atoms with Gasteiger partial charge in [-0.05, 0) is 6.42 Å². The van der Waals surface area contributed by atoms with Gasteiger partial charge in [0.25, 0.3) is 0 Å². The van der Waals surface area contributed by atoms with Crippen molar-refractivity contribution in [2.45, 2.75) is 39.2 Å².